The van der Waals surface area contributed by atoms with Crippen LogP contribution in [0.4, 0.5) is 17.3 Å². The van der Waals surface area contributed by atoms with E-state index in [-0.39, 0.29) is 41.8 Å². The Morgan fingerprint density at radius 2 is 1.84 bits per heavy atom. The molecule has 2 aromatic carbocycles. The van der Waals surface area contributed by atoms with Crippen molar-refractivity contribution in [3.05, 3.63) is 47.5 Å². The summed E-state index contributed by atoms with van der Waals surface area (Å²) in [6.45, 7) is 4.36. The van der Waals surface area contributed by atoms with Gasteiger partial charge in [0.2, 0.25) is 18.4 Å². The second kappa shape index (κ2) is 8.66. The van der Waals surface area contributed by atoms with Crippen molar-refractivity contribution in [1.82, 2.24) is 15.2 Å². The zero-order chi connectivity index (χ0) is 22.8. The molecule has 0 radical (unpaired) electrons. The third kappa shape index (κ3) is 4.11. The highest BCUT2D eigenvalue weighted by Gasteiger charge is 2.24. The standard InChI is InChI=1S/C22H25N5O5/c1-12(2)18(13-8-9-16-17(10-13)31-11-30-16)24-21-20(25-32-26-21)23-15-7-5-6-14(19(15)28)22(29)27(3)4/h5-10,12,18,28H,11H2,1-4H3,(H,23,25)(H,24,26)/t18-/m1/s1. The number of rotatable bonds is 7. The molecule has 1 atom stereocenters. The SMILES string of the molecule is CC(C)[C@@H](Nc1nonc1Nc1cccc(C(=O)N(C)C)c1O)c1ccc2c(c1)OCO2. The lowest BCUT2D eigenvalue weighted by Crippen LogP contribution is -2.21. The van der Waals surface area contributed by atoms with Crippen LogP contribution < -0.4 is 20.1 Å². The number of ether oxygens (including phenoxy) is 2. The second-order valence-electron chi connectivity index (χ2n) is 7.97. The van der Waals surface area contributed by atoms with E-state index in [0.29, 0.717) is 23.0 Å². The van der Waals surface area contributed by atoms with Crippen LogP contribution in [0.15, 0.2) is 41.0 Å². The van der Waals surface area contributed by atoms with E-state index < -0.39 is 0 Å². The van der Waals surface area contributed by atoms with Gasteiger partial charge in [-0.3, -0.25) is 4.79 Å². The number of fused-ring (bicyclic) bond motifs is 1. The molecule has 3 aromatic rings. The zero-order valence-corrected chi connectivity index (χ0v) is 18.2. The molecule has 1 amide bonds. The molecule has 1 aliphatic rings. The molecule has 0 fully saturated rings. The monoisotopic (exact) mass is 439 g/mol. The Labute approximate surface area is 185 Å². The minimum Gasteiger partial charge on any atom is -0.505 e. The fourth-order valence-corrected chi connectivity index (χ4v) is 3.44. The Bertz CT molecular complexity index is 1130. The number of aromatic hydroxyl groups is 1. The minimum absolute atomic E-state index is 0.132. The number of amides is 1. The normalized spacial score (nSPS) is 13.2. The summed E-state index contributed by atoms with van der Waals surface area (Å²) in [4.78, 5) is 13.7. The van der Waals surface area contributed by atoms with Crippen molar-refractivity contribution >= 4 is 23.2 Å². The highest BCUT2D eigenvalue weighted by molar-refractivity contribution is 5.98. The van der Waals surface area contributed by atoms with Gasteiger partial charge in [-0.15, -0.1) is 0 Å². The maximum Gasteiger partial charge on any atom is 0.257 e. The highest BCUT2D eigenvalue weighted by atomic mass is 16.7. The maximum atomic E-state index is 12.3. The van der Waals surface area contributed by atoms with Crippen molar-refractivity contribution in [2.75, 3.05) is 31.5 Å². The topological polar surface area (TPSA) is 122 Å². The van der Waals surface area contributed by atoms with Crippen LogP contribution in [0.3, 0.4) is 0 Å². The van der Waals surface area contributed by atoms with Gasteiger partial charge in [-0.2, -0.15) is 0 Å². The molecular weight excluding hydrogens is 414 g/mol. The van der Waals surface area contributed by atoms with Crippen LogP contribution in [0.2, 0.25) is 0 Å². The van der Waals surface area contributed by atoms with Crippen LogP contribution >= 0.6 is 0 Å². The van der Waals surface area contributed by atoms with E-state index in [1.54, 1.807) is 32.3 Å². The molecule has 0 saturated heterocycles. The molecule has 0 unspecified atom stereocenters. The van der Waals surface area contributed by atoms with Crippen molar-refractivity contribution in [3.8, 4) is 17.2 Å². The summed E-state index contributed by atoms with van der Waals surface area (Å²) in [6.07, 6.45) is 0. The van der Waals surface area contributed by atoms with Gasteiger partial charge in [0, 0.05) is 14.1 Å². The predicted molar refractivity (Wildman–Crippen MR) is 117 cm³/mol. The number of para-hydroxylation sites is 1. The fraction of sp³-hybridized carbons (Fsp3) is 0.318. The van der Waals surface area contributed by atoms with Gasteiger partial charge in [-0.05, 0) is 46.1 Å². The van der Waals surface area contributed by atoms with Gasteiger partial charge in [0.05, 0.1) is 17.3 Å². The summed E-state index contributed by atoms with van der Waals surface area (Å²) in [6, 6.07) is 10.5. The van der Waals surface area contributed by atoms with Crippen LogP contribution in [0.1, 0.15) is 35.8 Å². The molecule has 10 heteroatoms. The zero-order valence-electron chi connectivity index (χ0n) is 18.2. The lowest BCUT2D eigenvalue weighted by atomic mass is 9.95. The molecule has 1 aromatic heterocycles. The number of phenolic OH excluding ortho intramolecular Hbond substituents is 1. The average Bonchev–Trinajstić information content (AvgIpc) is 3.41. The summed E-state index contributed by atoms with van der Waals surface area (Å²) in [5, 5.41) is 24.8. The van der Waals surface area contributed by atoms with Crippen LogP contribution in [-0.2, 0) is 0 Å². The molecule has 0 aliphatic carbocycles. The van der Waals surface area contributed by atoms with Gasteiger partial charge < -0.3 is 30.1 Å². The summed E-state index contributed by atoms with van der Waals surface area (Å²) < 4.78 is 15.8. The van der Waals surface area contributed by atoms with E-state index in [1.165, 1.54) is 4.90 Å². The van der Waals surface area contributed by atoms with Crippen molar-refractivity contribution in [2.45, 2.75) is 19.9 Å². The summed E-state index contributed by atoms with van der Waals surface area (Å²) >= 11 is 0. The lowest BCUT2D eigenvalue weighted by Gasteiger charge is -2.23. The van der Waals surface area contributed by atoms with Crippen LogP contribution in [-0.4, -0.2) is 47.1 Å². The molecule has 0 spiro atoms. The first-order chi connectivity index (χ1) is 15.3. The van der Waals surface area contributed by atoms with Crippen molar-refractivity contribution in [2.24, 2.45) is 5.92 Å². The number of anilines is 3. The van der Waals surface area contributed by atoms with Crippen molar-refractivity contribution in [1.29, 1.82) is 0 Å². The van der Waals surface area contributed by atoms with Gasteiger partial charge in [0.15, 0.2) is 17.2 Å². The van der Waals surface area contributed by atoms with Crippen LogP contribution in [0.5, 0.6) is 17.2 Å². The third-order valence-electron chi connectivity index (χ3n) is 5.13. The Balaban J connectivity index is 1.59. The molecule has 168 valence electrons. The van der Waals surface area contributed by atoms with E-state index in [2.05, 4.69) is 34.8 Å². The van der Waals surface area contributed by atoms with E-state index in [4.69, 9.17) is 14.1 Å². The van der Waals surface area contributed by atoms with E-state index in [0.717, 1.165) is 5.56 Å². The Kier molecular flexibility index (Phi) is 5.76. The van der Waals surface area contributed by atoms with Gasteiger partial charge in [0.25, 0.3) is 5.91 Å². The largest absolute Gasteiger partial charge is 0.505 e. The van der Waals surface area contributed by atoms with Gasteiger partial charge >= 0.3 is 0 Å². The third-order valence-corrected chi connectivity index (χ3v) is 5.13. The summed E-state index contributed by atoms with van der Waals surface area (Å²) in [5.74, 6) is 1.74. The first kappa shape index (κ1) is 21.3. The number of hydrogen-bond donors (Lipinski definition) is 3. The van der Waals surface area contributed by atoms with E-state index >= 15 is 0 Å². The number of phenols is 1. The Hall–Kier alpha value is -3.95. The van der Waals surface area contributed by atoms with Crippen molar-refractivity contribution < 1.29 is 24.0 Å². The number of benzene rings is 2. The number of hydrogen-bond acceptors (Lipinski definition) is 9. The van der Waals surface area contributed by atoms with Crippen molar-refractivity contribution in [3.63, 3.8) is 0 Å². The van der Waals surface area contributed by atoms with Gasteiger partial charge in [-0.25, -0.2) is 4.63 Å². The molecule has 0 saturated carbocycles. The number of carbonyl (C=O) groups is 1. The van der Waals surface area contributed by atoms with Gasteiger partial charge in [-0.1, -0.05) is 26.0 Å². The van der Waals surface area contributed by atoms with E-state index in [1.807, 2.05) is 18.2 Å². The van der Waals surface area contributed by atoms with Crippen LogP contribution in [0, 0.1) is 5.92 Å². The molecule has 2 heterocycles. The molecule has 4 rings (SSSR count). The maximum absolute atomic E-state index is 12.3. The quantitative estimate of drug-likeness (QED) is 0.472. The van der Waals surface area contributed by atoms with E-state index in [9.17, 15) is 9.90 Å². The smallest absolute Gasteiger partial charge is 0.257 e. The second-order valence-corrected chi connectivity index (χ2v) is 7.97. The number of nitrogens with one attached hydrogen (secondary N) is 2. The molecule has 1 aliphatic heterocycles. The Morgan fingerprint density at radius 1 is 1.09 bits per heavy atom. The average molecular weight is 439 g/mol. The van der Waals surface area contributed by atoms with Gasteiger partial charge in [0.1, 0.15) is 0 Å². The number of nitrogens with zero attached hydrogens (tertiary/aromatic N) is 3. The fourth-order valence-electron chi connectivity index (χ4n) is 3.44. The minimum atomic E-state index is -0.314. The predicted octanol–water partition coefficient (Wildman–Crippen LogP) is 3.76. The lowest BCUT2D eigenvalue weighted by molar-refractivity contribution is 0.0824. The summed E-state index contributed by atoms with van der Waals surface area (Å²) in [5.41, 5.74) is 1.46. The van der Waals surface area contributed by atoms with Crippen LogP contribution in [0.25, 0.3) is 0 Å². The molecule has 10 nitrogen and oxygen atoms in total. The highest BCUT2D eigenvalue weighted by Crippen LogP contribution is 2.38. The number of carbonyl (C=O) groups excluding carboxylic acids is 1. The first-order valence-corrected chi connectivity index (χ1v) is 10.1. The molecular formula is C22H25N5O5. The molecule has 3 N–H and O–H groups in total. The molecule has 0 bridgehead atoms. The number of aromatic nitrogens is 2. The first-order valence-electron chi connectivity index (χ1n) is 10.1. The Morgan fingerprint density at radius 3 is 2.59 bits per heavy atom. The summed E-state index contributed by atoms with van der Waals surface area (Å²) in [7, 11) is 3.24. The molecule has 32 heavy (non-hydrogen) atoms.